The smallest absolute Gasteiger partial charge is 0.145 e. The third-order valence-corrected chi connectivity index (χ3v) is 2.80. The molecule has 0 bridgehead atoms. The third-order valence-electron chi connectivity index (χ3n) is 2.80. The molecule has 90 valence electrons. The summed E-state index contributed by atoms with van der Waals surface area (Å²) >= 11 is 0. The van der Waals surface area contributed by atoms with Crippen LogP contribution in [0.2, 0.25) is 0 Å². The van der Waals surface area contributed by atoms with Crippen molar-refractivity contribution >= 4 is 11.5 Å². The molecule has 1 aromatic carbocycles. The van der Waals surface area contributed by atoms with Gasteiger partial charge in [0.25, 0.3) is 0 Å². The highest BCUT2D eigenvalue weighted by Gasteiger charge is 2.01. The minimum Gasteiger partial charge on any atom is -0.382 e. The molecule has 0 saturated heterocycles. The Hall–Kier alpha value is -1.97. The first kappa shape index (κ1) is 11.5. The summed E-state index contributed by atoms with van der Waals surface area (Å²) in [5.41, 5.74) is 8.07. The summed E-state index contributed by atoms with van der Waals surface area (Å²) in [6.45, 7) is 3.84. The molecular weight excluding hydrogens is 212 g/mol. The first-order chi connectivity index (χ1) is 8.15. The predicted octanol–water partition coefficient (Wildman–Crippen LogP) is 1.91. The molecule has 1 aromatic heterocycles. The molecule has 2 rings (SSSR count). The standard InChI is InChI=1S/C13H18N4/c1-11-3-5-12(6-4-11)16(2)9-10-17-8-7-13(14)15-17/h3-8H,9-10H2,1-2H3,(H2,14,15). The number of hydrogen-bond acceptors (Lipinski definition) is 3. The number of anilines is 2. The first-order valence-corrected chi connectivity index (χ1v) is 5.72. The van der Waals surface area contributed by atoms with Gasteiger partial charge in [0.2, 0.25) is 0 Å². The van der Waals surface area contributed by atoms with Gasteiger partial charge < -0.3 is 10.6 Å². The lowest BCUT2D eigenvalue weighted by atomic mass is 10.2. The molecule has 17 heavy (non-hydrogen) atoms. The maximum Gasteiger partial charge on any atom is 0.145 e. The van der Waals surface area contributed by atoms with Crippen molar-refractivity contribution in [2.75, 3.05) is 24.2 Å². The highest BCUT2D eigenvalue weighted by molar-refractivity contribution is 5.46. The number of nitrogen functional groups attached to an aromatic ring is 1. The zero-order valence-electron chi connectivity index (χ0n) is 10.3. The Bertz CT molecular complexity index is 472. The van der Waals surface area contributed by atoms with Crippen molar-refractivity contribution in [2.45, 2.75) is 13.5 Å². The Morgan fingerprint density at radius 3 is 2.53 bits per heavy atom. The van der Waals surface area contributed by atoms with Crippen LogP contribution in [0.5, 0.6) is 0 Å². The fraction of sp³-hybridized carbons (Fsp3) is 0.308. The highest BCUT2D eigenvalue weighted by atomic mass is 15.3. The van der Waals surface area contributed by atoms with Crippen molar-refractivity contribution in [3.05, 3.63) is 42.1 Å². The lowest BCUT2D eigenvalue weighted by Gasteiger charge is -2.19. The van der Waals surface area contributed by atoms with Gasteiger partial charge in [-0.2, -0.15) is 5.10 Å². The molecule has 0 spiro atoms. The molecule has 4 nitrogen and oxygen atoms in total. The molecule has 0 aliphatic heterocycles. The fourth-order valence-corrected chi connectivity index (χ4v) is 1.68. The van der Waals surface area contributed by atoms with Crippen LogP contribution in [0.4, 0.5) is 11.5 Å². The second-order valence-electron chi connectivity index (χ2n) is 4.26. The molecular formula is C13H18N4. The summed E-state index contributed by atoms with van der Waals surface area (Å²) in [5, 5.41) is 4.16. The lowest BCUT2D eigenvalue weighted by Crippen LogP contribution is -2.22. The van der Waals surface area contributed by atoms with Crippen LogP contribution in [0.3, 0.4) is 0 Å². The zero-order chi connectivity index (χ0) is 12.3. The van der Waals surface area contributed by atoms with Crippen LogP contribution >= 0.6 is 0 Å². The molecule has 0 amide bonds. The van der Waals surface area contributed by atoms with Crippen LogP contribution in [0.1, 0.15) is 5.56 Å². The lowest BCUT2D eigenvalue weighted by molar-refractivity contribution is 0.614. The van der Waals surface area contributed by atoms with Crippen LogP contribution in [-0.4, -0.2) is 23.4 Å². The number of benzene rings is 1. The number of aromatic nitrogens is 2. The Kier molecular flexibility index (Phi) is 3.32. The van der Waals surface area contributed by atoms with Gasteiger partial charge in [-0.3, -0.25) is 4.68 Å². The van der Waals surface area contributed by atoms with Gasteiger partial charge in [-0.1, -0.05) is 17.7 Å². The van der Waals surface area contributed by atoms with Gasteiger partial charge in [0.15, 0.2) is 0 Å². The van der Waals surface area contributed by atoms with E-state index < -0.39 is 0 Å². The van der Waals surface area contributed by atoms with Crippen molar-refractivity contribution in [3.63, 3.8) is 0 Å². The second-order valence-corrected chi connectivity index (χ2v) is 4.26. The van der Waals surface area contributed by atoms with Gasteiger partial charge in [0.05, 0.1) is 6.54 Å². The van der Waals surface area contributed by atoms with E-state index in [0.29, 0.717) is 5.82 Å². The number of aryl methyl sites for hydroxylation is 1. The number of hydrogen-bond donors (Lipinski definition) is 1. The summed E-state index contributed by atoms with van der Waals surface area (Å²) in [4.78, 5) is 2.21. The summed E-state index contributed by atoms with van der Waals surface area (Å²) < 4.78 is 1.86. The Balaban J connectivity index is 1.93. The fourth-order valence-electron chi connectivity index (χ4n) is 1.68. The topological polar surface area (TPSA) is 47.1 Å². The van der Waals surface area contributed by atoms with Crippen LogP contribution < -0.4 is 10.6 Å². The van der Waals surface area contributed by atoms with Crippen molar-refractivity contribution in [3.8, 4) is 0 Å². The quantitative estimate of drug-likeness (QED) is 0.872. The molecule has 4 heteroatoms. The second kappa shape index (κ2) is 4.91. The maximum atomic E-state index is 5.57. The highest BCUT2D eigenvalue weighted by Crippen LogP contribution is 2.13. The Morgan fingerprint density at radius 1 is 1.24 bits per heavy atom. The molecule has 2 aromatic rings. The third kappa shape index (κ3) is 3.00. The summed E-state index contributed by atoms with van der Waals surface area (Å²) in [7, 11) is 2.08. The predicted molar refractivity (Wildman–Crippen MR) is 71.1 cm³/mol. The normalized spacial score (nSPS) is 10.5. The van der Waals surface area contributed by atoms with E-state index in [2.05, 4.69) is 48.2 Å². The van der Waals surface area contributed by atoms with E-state index >= 15 is 0 Å². The van der Waals surface area contributed by atoms with E-state index in [-0.39, 0.29) is 0 Å². The molecule has 0 aliphatic rings. The van der Waals surface area contributed by atoms with E-state index in [1.54, 1.807) is 0 Å². The van der Waals surface area contributed by atoms with Crippen LogP contribution in [0, 0.1) is 6.92 Å². The van der Waals surface area contributed by atoms with Crippen molar-refractivity contribution in [1.29, 1.82) is 0 Å². The van der Waals surface area contributed by atoms with Crippen molar-refractivity contribution < 1.29 is 0 Å². The largest absolute Gasteiger partial charge is 0.382 e. The minimum atomic E-state index is 0.572. The van der Waals surface area contributed by atoms with E-state index in [1.807, 2.05) is 16.9 Å². The van der Waals surface area contributed by atoms with Crippen molar-refractivity contribution in [1.82, 2.24) is 9.78 Å². The van der Waals surface area contributed by atoms with E-state index in [0.717, 1.165) is 13.1 Å². The van der Waals surface area contributed by atoms with Gasteiger partial charge in [0, 0.05) is 25.5 Å². The van der Waals surface area contributed by atoms with Gasteiger partial charge in [0.1, 0.15) is 5.82 Å². The van der Waals surface area contributed by atoms with Crippen LogP contribution in [0.15, 0.2) is 36.5 Å². The molecule has 0 atom stereocenters. The number of likely N-dealkylation sites (N-methyl/N-ethyl adjacent to an activating group) is 1. The van der Waals surface area contributed by atoms with Crippen LogP contribution in [0.25, 0.3) is 0 Å². The summed E-state index contributed by atoms with van der Waals surface area (Å²) in [6.07, 6.45) is 1.90. The summed E-state index contributed by atoms with van der Waals surface area (Å²) in [6, 6.07) is 10.3. The van der Waals surface area contributed by atoms with E-state index in [4.69, 9.17) is 5.73 Å². The number of nitrogens with two attached hydrogens (primary N) is 1. The zero-order valence-corrected chi connectivity index (χ0v) is 10.3. The van der Waals surface area contributed by atoms with Gasteiger partial charge >= 0.3 is 0 Å². The van der Waals surface area contributed by atoms with Gasteiger partial charge in [-0.05, 0) is 25.1 Å². The van der Waals surface area contributed by atoms with Gasteiger partial charge in [-0.15, -0.1) is 0 Å². The minimum absolute atomic E-state index is 0.572. The molecule has 2 N–H and O–H groups in total. The molecule has 1 heterocycles. The van der Waals surface area contributed by atoms with Crippen molar-refractivity contribution in [2.24, 2.45) is 0 Å². The molecule has 0 aliphatic carbocycles. The number of nitrogens with zero attached hydrogens (tertiary/aromatic N) is 3. The van der Waals surface area contributed by atoms with E-state index in [1.165, 1.54) is 11.3 Å². The Labute approximate surface area is 102 Å². The van der Waals surface area contributed by atoms with Crippen LogP contribution in [-0.2, 0) is 6.54 Å². The SMILES string of the molecule is Cc1ccc(N(C)CCn2ccc(N)n2)cc1. The molecule has 0 fully saturated rings. The monoisotopic (exact) mass is 230 g/mol. The molecule has 0 saturated carbocycles. The average molecular weight is 230 g/mol. The molecule has 0 unspecified atom stereocenters. The Morgan fingerprint density at radius 2 is 1.94 bits per heavy atom. The number of rotatable bonds is 4. The average Bonchev–Trinajstić information content (AvgIpc) is 2.73. The van der Waals surface area contributed by atoms with Gasteiger partial charge in [-0.25, -0.2) is 0 Å². The summed E-state index contributed by atoms with van der Waals surface area (Å²) in [5.74, 6) is 0.572. The van der Waals surface area contributed by atoms with E-state index in [9.17, 15) is 0 Å². The molecule has 0 radical (unpaired) electrons. The maximum absolute atomic E-state index is 5.57. The first-order valence-electron chi connectivity index (χ1n) is 5.72.